The molecule has 27 heavy (non-hydrogen) atoms. The van der Waals surface area contributed by atoms with E-state index < -0.39 is 0 Å². The number of hydrogen-bond acceptors (Lipinski definition) is 3. The second-order valence-corrected chi connectivity index (χ2v) is 6.86. The summed E-state index contributed by atoms with van der Waals surface area (Å²) in [7, 11) is 0. The number of fused-ring (bicyclic) bond motifs is 1. The zero-order valence-corrected chi connectivity index (χ0v) is 16.1. The van der Waals surface area contributed by atoms with E-state index in [-0.39, 0.29) is 24.1 Å². The molecule has 0 saturated carbocycles. The van der Waals surface area contributed by atoms with E-state index >= 15 is 0 Å². The van der Waals surface area contributed by atoms with Crippen LogP contribution in [0.2, 0.25) is 0 Å². The van der Waals surface area contributed by atoms with Gasteiger partial charge in [0, 0.05) is 18.0 Å². The molecule has 5 nitrogen and oxygen atoms in total. The molecule has 0 saturated heterocycles. The fraction of sp³-hybridized carbons (Fsp3) is 0.318. The fourth-order valence-electron chi connectivity index (χ4n) is 3.22. The van der Waals surface area contributed by atoms with Crippen LogP contribution in [0.1, 0.15) is 31.5 Å². The van der Waals surface area contributed by atoms with Crippen LogP contribution in [0.4, 0.5) is 0 Å². The van der Waals surface area contributed by atoms with Gasteiger partial charge in [-0.2, -0.15) is 5.10 Å². The summed E-state index contributed by atoms with van der Waals surface area (Å²) in [6.45, 7) is 6.42. The maximum absolute atomic E-state index is 13.0. The minimum Gasteiger partial charge on any atom is -0.334 e. The number of benzene rings is 2. The van der Waals surface area contributed by atoms with Crippen LogP contribution in [0, 0.1) is 6.92 Å². The minimum absolute atomic E-state index is 0.0539. The van der Waals surface area contributed by atoms with Crippen LogP contribution < -0.4 is 5.56 Å². The molecule has 2 aromatic carbocycles. The van der Waals surface area contributed by atoms with Crippen LogP contribution in [0.3, 0.4) is 0 Å². The van der Waals surface area contributed by atoms with Gasteiger partial charge in [-0.3, -0.25) is 9.59 Å². The van der Waals surface area contributed by atoms with Crippen molar-refractivity contribution in [2.45, 2.75) is 46.3 Å². The van der Waals surface area contributed by atoms with E-state index in [0.717, 1.165) is 23.1 Å². The topological polar surface area (TPSA) is 55.2 Å². The van der Waals surface area contributed by atoms with Gasteiger partial charge in [0.25, 0.3) is 5.56 Å². The number of amides is 1. The van der Waals surface area contributed by atoms with Crippen molar-refractivity contribution in [2.75, 3.05) is 0 Å². The summed E-state index contributed by atoms with van der Waals surface area (Å²) < 4.78 is 1.29. The summed E-state index contributed by atoms with van der Waals surface area (Å²) in [6, 6.07) is 17.4. The summed E-state index contributed by atoms with van der Waals surface area (Å²) in [5, 5.41) is 5.79. The monoisotopic (exact) mass is 363 g/mol. The second-order valence-electron chi connectivity index (χ2n) is 6.86. The van der Waals surface area contributed by atoms with Crippen molar-refractivity contribution < 1.29 is 4.79 Å². The fourth-order valence-corrected chi connectivity index (χ4v) is 3.22. The first kappa shape index (κ1) is 18.8. The quantitative estimate of drug-likeness (QED) is 0.673. The molecule has 0 radical (unpaired) electrons. The maximum atomic E-state index is 13.0. The Labute approximate surface area is 159 Å². The molecule has 0 aliphatic carbocycles. The van der Waals surface area contributed by atoms with E-state index in [1.54, 1.807) is 6.07 Å². The van der Waals surface area contributed by atoms with Crippen LogP contribution in [-0.4, -0.2) is 26.6 Å². The molecular formula is C22H25N3O2. The number of hydrogen-bond donors (Lipinski definition) is 0. The van der Waals surface area contributed by atoms with Crippen molar-refractivity contribution in [1.29, 1.82) is 0 Å². The molecule has 0 bridgehead atoms. The lowest BCUT2D eigenvalue weighted by Crippen LogP contribution is -2.42. The molecule has 0 aliphatic heterocycles. The molecule has 0 fully saturated rings. The molecule has 140 valence electrons. The average molecular weight is 363 g/mol. The SMILES string of the molecule is CCC(C)N(Cc1ccccc1)C(=O)Cn1nc(C)c2ccccc2c1=O. The van der Waals surface area contributed by atoms with E-state index in [4.69, 9.17) is 0 Å². The summed E-state index contributed by atoms with van der Waals surface area (Å²) in [5.74, 6) is -0.0996. The van der Waals surface area contributed by atoms with E-state index in [0.29, 0.717) is 11.9 Å². The number of carbonyl (C=O) groups is 1. The molecular weight excluding hydrogens is 338 g/mol. The zero-order valence-electron chi connectivity index (χ0n) is 16.1. The third kappa shape index (κ3) is 4.08. The Kier molecular flexibility index (Phi) is 5.69. The van der Waals surface area contributed by atoms with Gasteiger partial charge in [0.2, 0.25) is 5.91 Å². The van der Waals surface area contributed by atoms with Crippen LogP contribution in [0.5, 0.6) is 0 Å². The van der Waals surface area contributed by atoms with Crippen molar-refractivity contribution >= 4 is 16.7 Å². The molecule has 5 heteroatoms. The van der Waals surface area contributed by atoms with Gasteiger partial charge in [-0.25, -0.2) is 4.68 Å². The second kappa shape index (κ2) is 8.16. The van der Waals surface area contributed by atoms with Gasteiger partial charge >= 0.3 is 0 Å². The van der Waals surface area contributed by atoms with Crippen LogP contribution >= 0.6 is 0 Å². The third-order valence-corrected chi connectivity index (χ3v) is 4.98. The first-order valence-electron chi connectivity index (χ1n) is 9.31. The number of rotatable bonds is 6. The smallest absolute Gasteiger partial charge is 0.275 e. The Morgan fingerprint density at radius 3 is 2.37 bits per heavy atom. The van der Waals surface area contributed by atoms with E-state index in [1.807, 2.05) is 67.3 Å². The molecule has 1 aromatic heterocycles. The highest BCUT2D eigenvalue weighted by Gasteiger charge is 2.21. The minimum atomic E-state index is -0.228. The molecule has 1 amide bonds. The molecule has 3 rings (SSSR count). The normalized spacial score (nSPS) is 12.1. The lowest BCUT2D eigenvalue weighted by molar-refractivity contribution is -0.134. The number of aryl methyl sites for hydroxylation is 1. The van der Waals surface area contributed by atoms with Crippen LogP contribution in [-0.2, 0) is 17.9 Å². The highest BCUT2D eigenvalue weighted by molar-refractivity contribution is 5.83. The lowest BCUT2D eigenvalue weighted by atomic mass is 10.1. The van der Waals surface area contributed by atoms with Crippen molar-refractivity contribution in [3.05, 3.63) is 76.2 Å². The first-order valence-corrected chi connectivity index (χ1v) is 9.31. The van der Waals surface area contributed by atoms with Crippen molar-refractivity contribution in [1.82, 2.24) is 14.7 Å². The Balaban J connectivity index is 1.90. The molecule has 3 aromatic rings. The van der Waals surface area contributed by atoms with Crippen LogP contribution in [0.25, 0.3) is 10.8 Å². The Hall–Kier alpha value is -2.95. The Morgan fingerprint density at radius 2 is 1.70 bits per heavy atom. The van der Waals surface area contributed by atoms with E-state index in [9.17, 15) is 9.59 Å². The van der Waals surface area contributed by atoms with Gasteiger partial charge in [0.05, 0.1) is 11.1 Å². The predicted octanol–water partition coefficient (Wildman–Crippen LogP) is 3.53. The van der Waals surface area contributed by atoms with Crippen molar-refractivity contribution in [2.24, 2.45) is 0 Å². The van der Waals surface area contributed by atoms with Gasteiger partial charge in [-0.1, -0.05) is 55.5 Å². The number of nitrogens with zero attached hydrogens (tertiary/aromatic N) is 3. The van der Waals surface area contributed by atoms with E-state index in [1.165, 1.54) is 4.68 Å². The Bertz CT molecular complexity index is 995. The number of aromatic nitrogens is 2. The van der Waals surface area contributed by atoms with Gasteiger partial charge in [0.15, 0.2) is 0 Å². The molecule has 1 unspecified atom stereocenters. The van der Waals surface area contributed by atoms with Crippen LogP contribution in [0.15, 0.2) is 59.4 Å². The standard InChI is InChI=1S/C22H25N3O2/c1-4-16(2)24(14-18-10-6-5-7-11-18)21(26)15-25-22(27)20-13-9-8-12-19(20)17(3)23-25/h5-13,16H,4,14-15H2,1-3H3. The average Bonchev–Trinajstić information content (AvgIpc) is 2.70. The largest absolute Gasteiger partial charge is 0.334 e. The van der Waals surface area contributed by atoms with Gasteiger partial charge < -0.3 is 4.90 Å². The first-order chi connectivity index (χ1) is 13.0. The highest BCUT2D eigenvalue weighted by atomic mass is 16.2. The summed E-state index contributed by atoms with van der Waals surface area (Å²) in [6.07, 6.45) is 0.845. The van der Waals surface area contributed by atoms with Crippen molar-refractivity contribution in [3.8, 4) is 0 Å². The van der Waals surface area contributed by atoms with Gasteiger partial charge in [-0.15, -0.1) is 0 Å². The number of carbonyl (C=O) groups excluding carboxylic acids is 1. The molecule has 1 heterocycles. The summed E-state index contributed by atoms with van der Waals surface area (Å²) >= 11 is 0. The van der Waals surface area contributed by atoms with Gasteiger partial charge in [-0.05, 0) is 31.9 Å². The summed E-state index contributed by atoms with van der Waals surface area (Å²) in [4.78, 5) is 27.6. The summed E-state index contributed by atoms with van der Waals surface area (Å²) in [5.41, 5.74) is 1.59. The maximum Gasteiger partial charge on any atom is 0.275 e. The molecule has 0 aliphatic rings. The molecule has 1 atom stereocenters. The lowest BCUT2D eigenvalue weighted by Gasteiger charge is -2.29. The predicted molar refractivity (Wildman–Crippen MR) is 107 cm³/mol. The highest BCUT2D eigenvalue weighted by Crippen LogP contribution is 2.14. The van der Waals surface area contributed by atoms with Gasteiger partial charge in [0.1, 0.15) is 6.54 Å². The molecule has 0 spiro atoms. The van der Waals surface area contributed by atoms with E-state index in [2.05, 4.69) is 12.0 Å². The molecule has 0 N–H and O–H groups in total. The zero-order chi connectivity index (χ0) is 19.4. The third-order valence-electron chi connectivity index (χ3n) is 4.98. The Morgan fingerprint density at radius 1 is 1.07 bits per heavy atom. The van der Waals surface area contributed by atoms with Crippen molar-refractivity contribution in [3.63, 3.8) is 0 Å².